The molecule has 0 aliphatic heterocycles. The van der Waals surface area contributed by atoms with Gasteiger partial charge in [0.2, 0.25) is 12.2 Å². The maximum atomic E-state index is 12.6. The van der Waals surface area contributed by atoms with Crippen molar-refractivity contribution in [1.82, 2.24) is 20.0 Å². The van der Waals surface area contributed by atoms with E-state index in [0.29, 0.717) is 19.0 Å². The van der Waals surface area contributed by atoms with Crippen LogP contribution in [0.2, 0.25) is 0 Å². The first kappa shape index (κ1) is 20.5. The third-order valence-electron chi connectivity index (χ3n) is 4.64. The standard InChI is InChI=1S/C23H20N6OS/c24-17-28-23(27-16-19-10-12-29-13-11-25-22(29)14-19)26-15-18-6-8-21(9-7-18)31(30)20-4-2-1-3-5-20/h1-14H,15-16H2,(H2,26,27,28). The molecule has 0 aliphatic carbocycles. The molecule has 4 aromatic rings. The summed E-state index contributed by atoms with van der Waals surface area (Å²) in [6.07, 6.45) is 7.39. The third kappa shape index (κ3) is 5.22. The van der Waals surface area contributed by atoms with E-state index in [4.69, 9.17) is 5.26 Å². The predicted molar refractivity (Wildman–Crippen MR) is 119 cm³/mol. The molecular formula is C23H20N6OS. The number of nitrogens with zero attached hydrogens (tertiary/aromatic N) is 4. The van der Waals surface area contributed by atoms with E-state index >= 15 is 0 Å². The molecule has 0 radical (unpaired) electrons. The molecule has 4 rings (SSSR count). The van der Waals surface area contributed by atoms with Crippen LogP contribution in [0.25, 0.3) is 5.65 Å². The Kier molecular flexibility index (Phi) is 6.47. The van der Waals surface area contributed by atoms with Gasteiger partial charge in [0.15, 0.2) is 9.79 Å². The van der Waals surface area contributed by atoms with Gasteiger partial charge < -0.3 is 19.6 Å². The van der Waals surface area contributed by atoms with Crippen LogP contribution in [0.5, 0.6) is 0 Å². The predicted octanol–water partition coefficient (Wildman–Crippen LogP) is 3.22. The summed E-state index contributed by atoms with van der Waals surface area (Å²) in [6.45, 7) is 0.983. The van der Waals surface area contributed by atoms with Crippen molar-refractivity contribution in [2.45, 2.75) is 22.9 Å². The Bertz CT molecular complexity index is 1210. The lowest BCUT2D eigenvalue weighted by atomic mass is 10.2. The number of nitrogens with one attached hydrogen (secondary N) is 2. The molecule has 0 spiro atoms. The third-order valence-corrected chi connectivity index (χ3v) is 6.04. The Morgan fingerprint density at radius 3 is 2.42 bits per heavy atom. The van der Waals surface area contributed by atoms with Crippen LogP contribution in [-0.2, 0) is 24.3 Å². The van der Waals surface area contributed by atoms with Crippen LogP contribution in [-0.4, -0.2) is 19.9 Å². The number of hydrogen-bond donors (Lipinski definition) is 2. The molecule has 2 aromatic heterocycles. The average molecular weight is 429 g/mol. The second kappa shape index (κ2) is 9.80. The first-order valence-electron chi connectivity index (χ1n) is 9.65. The van der Waals surface area contributed by atoms with E-state index < -0.39 is 11.2 Å². The molecule has 0 saturated carbocycles. The van der Waals surface area contributed by atoms with Crippen LogP contribution < -0.4 is 10.6 Å². The number of rotatable bonds is 6. The van der Waals surface area contributed by atoms with Gasteiger partial charge in [-0.15, -0.1) is 4.99 Å². The highest BCUT2D eigenvalue weighted by atomic mass is 32.2. The molecule has 2 heterocycles. The first-order valence-corrected chi connectivity index (χ1v) is 10.8. The Morgan fingerprint density at radius 2 is 1.68 bits per heavy atom. The molecule has 31 heavy (non-hydrogen) atoms. The summed E-state index contributed by atoms with van der Waals surface area (Å²) >= 11 is -1.21. The number of aromatic nitrogens is 2. The van der Waals surface area contributed by atoms with Gasteiger partial charge in [-0.1, -0.05) is 30.3 Å². The van der Waals surface area contributed by atoms with Crippen molar-refractivity contribution in [3.63, 3.8) is 0 Å². The highest BCUT2D eigenvalue weighted by molar-refractivity contribution is 7.91. The van der Waals surface area contributed by atoms with Crippen LogP contribution in [0.4, 0.5) is 0 Å². The molecule has 1 unspecified atom stereocenters. The molecule has 0 fully saturated rings. The molecule has 7 nitrogen and oxygen atoms in total. The lowest BCUT2D eigenvalue weighted by Crippen LogP contribution is -2.36. The maximum Gasteiger partial charge on any atom is 0.209 e. The van der Waals surface area contributed by atoms with Gasteiger partial charge in [0.25, 0.3) is 0 Å². The van der Waals surface area contributed by atoms with Crippen molar-refractivity contribution in [3.05, 3.63) is 96.4 Å². The van der Waals surface area contributed by atoms with Gasteiger partial charge in [0.05, 0.1) is 0 Å². The smallest absolute Gasteiger partial charge is 0.209 e. The normalized spacial score (nSPS) is 12.3. The fourth-order valence-corrected chi connectivity index (χ4v) is 4.10. The molecule has 2 N–H and O–H groups in total. The van der Waals surface area contributed by atoms with Gasteiger partial charge in [-0.3, -0.25) is 0 Å². The number of guanidine groups is 1. The van der Waals surface area contributed by atoms with Crippen molar-refractivity contribution >= 4 is 22.8 Å². The molecule has 0 aliphatic rings. The number of imidazole rings is 1. The minimum Gasteiger partial charge on any atom is -0.606 e. The fourth-order valence-electron chi connectivity index (χ4n) is 3.04. The zero-order chi connectivity index (χ0) is 21.5. The molecule has 2 aromatic carbocycles. The van der Waals surface area contributed by atoms with Crippen LogP contribution in [0.15, 0.2) is 100 Å². The van der Waals surface area contributed by atoms with Crippen LogP contribution in [0.3, 0.4) is 0 Å². The highest BCUT2D eigenvalue weighted by Crippen LogP contribution is 2.20. The second-order valence-electron chi connectivity index (χ2n) is 6.72. The van der Waals surface area contributed by atoms with Gasteiger partial charge in [-0.2, -0.15) is 5.26 Å². The van der Waals surface area contributed by atoms with E-state index in [1.807, 2.05) is 89.7 Å². The number of benzene rings is 2. The summed E-state index contributed by atoms with van der Waals surface area (Å²) in [7, 11) is 0. The molecule has 154 valence electrons. The van der Waals surface area contributed by atoms with Gasteiger partial charge >= 0.3 is 0 Å². The summed E-state index contributed by atoms with van der Waals surface area (Å²) in [5.41, 5.74) is 2.87. The number of fused-ring (bicyclic) bond motifs is 1. The van der Waals surface area contributed by atoms with Gasteiger partial charge in [-0.25, -0.2) is 4.98 Å². The SMILES string of the molecule is N#CN=C(NCc1ccc([S+]([O-])c2ccccc2)cc1)NCc1ccn2ccnc2c1. The maximum absolute atomic E-state index is 12.6. The van der Waals surface area contributed by atoms with Gasteiger partial charge in [0, 0.05) is 42.9 Å². The van der Waals surface area contributed by atoms with Crippen molar-refractivity contribution < 1.29 is 4.55 Å². The Labute approximate surface area is 183 Å². The number of aliphatic imine (C=N–C) groups is 1. The van der Waals surface area contributed by atoms with Crippen molar-refractivity contribution in [2.24, 2.45) is 4.99 Å². The van der Waals surface area contributed by atoms with Crippen molar-refractivity contribution in [2.75, 3.05) is 0 Å². The van der Waals surface area contributed by atoms with Crippen LogP contribution in [0, 0.1) is 11.5 Å². The van der Waals surface area contributed by atoms with E-state index in [-0.39, 0.29) is 0 Å². The van der Waals surface area contributed by atoms with E-state index in [9.17, 15) is 4.55 Å². The lowest BCUT2D eigenvalue weighted by Gasteiger charge is -2.12. The van der Waals surface area contributed by atoms with Crippen LogP contribution >= 0.6 is 0 Å². The number of hydrogen-bond acceptors (Lipinski definition) is 4. The van der Waals surface area contributed by atoms with Crippen molar-refractivity contribution in [1.29, 1.82) is 5.26 Å². The Morgan fingerprint density at radius 1 is 0.968 bits per heavy atom. The zero-order valence-electron chi connectivity index (χ0n) is 16.6. The van der Waals surface area contributed by atoms with E-state index in [2.05, 4.69) is 20.6 Å². The monoisotopic (exact) mass is 428 g/mol. The largest absolute Gasteiger partial charge is 0.606 e. The van der Waals surface area contributed by atoms with Crippen LogP contribution in [0.1, 0.15) is 11.1 Å². The quantitative estimate of drug-likeness (QED) is 0.213. The second-order valence-corrected chi connectivity index (χ2v) is 8.20. The molecule has 8 heteroatoms. The fraction of sp³-hybridized carbons (Fsp3) is 0.0870. The van der Waals surface area contributed by atoms with E-state index in [1.165, 1.54) is 0 Å². The summed E-state index contributed by atoms with van der Waals surface area (Å²) in [5.74, 6) is 0.391. The molecule has 0 saturated heterocycles. The summed E-state index contributed by atoms with van der Waals surface area (Å²) in [6, 6.07) is 20.9. The zero-order valence-corrected chi connectivity index (χ0v) is 17.4. The number of nitriles is 1. The molecule has 0 bridgehead atoms. The average Bonchev–Trinajstić information content (AvgIpc) is 3.29. The summed E-state index contributed by atoms with van der Waals surface area (Å²) in [5, 5.41) is 15.3. The van der Waals surface area contributed by atoms with Gasteiger partial charge in [-0.05, 0) is 47.5 Å². The molecular weight excluding hydrogens is 408 g/mol. The Hall–Kier alpha value is -3.80. The van der Waals surface area contributed by atoms with E-state index in [1.54, 1.807) is 6.20 Å². The first-order chi connectivity index (χ1) is 15.2. The minimum atomic E-state index is -1.21. The summed E-state index contributed by atoms with van der Waals surface area (Å²) < 4.78 is 14.5. The van der Waals surface area contributed by atoms with E-state index in [0.717, 1.165) is 26.6 Å². The minimum absolute atomic E-state index is 0.391. The number of pyridine rings is 1. The Balaban J connectivity index is 1.34. The van der Waals surface area contributed by atoms with Crippen molar-refractivity contribution in [3.8, 4) is 6.19 Å². The highest BCUT2D eigenvalue weighted by Gasteiger charge is 2.13. The summed E-state index contributed by atoms with van der Waals surface area (Å²) in [4.78, 5) is 9.61. The topological polar surface area (TPSA) is 101 Å². The van der Waals surface area contributed by atoms with Gasteiger partial charge in [0.1, 0.15) is 5.65 Å². The molecule has 1 atom stereocenters. The lowest BCUT2D eigenvalue weighted by molar-refractivity contribution is 0.595. The molecule has 0 amide bonds.